The molecule has 5 N–H and O–H groups in total. The van der Waals surface area contributed by atoms with Crippen LogP contribution in [0.3, 0.4) is 0 Å². The Morgan fingerprint density at radius 3 is 2.54 bits per heavy atom. The second kappa shape index (κ2) is 7.99. The van der Waals surface area contributed by atoms with Gasteiger partial charge in [0.15, 0.2) is 5.82 Å². The summed E-state index contributed by atoms with van der Waals surface area (Å²) >= 11 is 0. The van der Waals surface area contributed by atoms with E-state index in [9.17, 15) is 4.79 Å². The Labute approximate surface area is 155 Å². The summed E-state index contributed by atoms with van der Waals surface area (Å²) in [6, 6.07) is 3.53. The number of hydrogen-bond acceptors (Lipinski definition) is 6. The molecule has 26 heavy (non-hydrogen) atoms. The predicted octanol–water partition coefficient (Wildman–Crippen LogP) is 1.96. The molecular weight excluding hydrogens is 334 g/mol. The number of primary amides is 1. The van der Waals surface area contributed by atoms with Gasteiger partial charge in [0.2, 0.25) is 5.88 Å². The summed E-state index contributed by atoms with van der Waals surface area (Å²) in [7, 11) is 1.58. The molecule has 0 atom stereocenters. The maximum atomic E-state index is 11.0. The maximum absolute atomic E-state index is 11.0. The first kappa shape index (κ1) is 20.1. The number of piperidine rings is 1. The third kappa shape index (κ3) is 4.69. The average molecular weight is 366 g/mol. The number of nitrogens with two attached hydrogens (primary N) is 2. The van der Waals surface area contributed by atoms with Crippen LogP contribution < -0.4 is 21.5 Å². The second-order valence-electron chi connectivity index (χ2n) is 7.84. The zero-order chi connectivity index (χ0) is 19.4. The minimum absolute atomic E-state index is 0.0761. The molecule has 0 unspecified atom stereocenters. The van der Waals surface area contributed by atoms with Crippen LogP contribution in [-0.4, -0.2) is 60.5 Å². The third-order valence-corrected chi connectivity index (χ3v) is 5.41. The maximum Gasteiger partial charge on any atom is 0.404 e. The molecule has 2 heterocycles. The van der Waals surface area contributed by atoms with Crippen LogP contribution in [-0.2, 0) is 4.74 Å². The Morgan fingerprint density at radius 2 is 2.00 bits per heavy atom. The lowest BCUT2D eigenvalue weighted by atomic mass is 9.94. The lowest BCUT2D eigenvalue weighted by Crippen LogP contribution is -2.65. The average Bonchev–Trinajstić information content (AvgIpc) is 2.56. The van der Waals surface area contributed by atoms with E-state index in [0.29, 0.717) is 17.4 Å². The van der Waals surface area contributed by atoms with E-state index in [1.807, 2.05) is 0 Å². The van der Waals surface area contributed by atoms with Gasteiger partial charge in [0, 0.05) is 18.9 Å². The van der Waals surface area contributed by atoms with E-state index in [1.54, 1.807) is 19.2 Å². The number of hydrogen-bond donors (Lipinski definition) is 3. The minimum Gasteiger partial charge on any atom is -0.481 e. The topological polar surface area (TPSA) is 112 Å². The molecule has 0 bridgehead atoms. The van der Waals surface area contributed by atoms with Crippen LogP contribution in [0.1, 0.15) is 33.6 Å². The second-order valence-corrected chi connectivity index (χ2v) is 7.84. The lowest BCUT2D eigenvalue weighted by Gasteiger charge is -2.52. The zero-order valence-electron chi connectivity index (χ0n) is 16.2. The lowest BCUT2D eigenvalue weighted by molar-refractivity contribution is -0.973. The normalized spacial score (nSPS) is 23.3. The number of quaternary nitrogens is 1. The Balaban J connectivity index is 2.01. The number of ether oxygens (including phenoxy) is 2. The number of carbonyl (C=O) groups is 1. The van der Waals surface area contributed by atoms with E-state index >= 15 is 0 Å². The summed E-state index contributed by atoms with van der Waals surface area (Å²) in [4.78, 5) is 15.4. The van der Waals surface area contributed by atoms with Crippen molar-refractivity contribution in [2.75, 3.05) is 44.3 Å². The zero-order valence-corrected chi connectivity index (χ0v) is 16.2. The van der Waals surface area contributed by atoms with Crippen LogP contribution in [0, 0.1) is 0 Å². The molecule has 1 amide bonds. The van der Waals surface area contributed by atoms with Crippen molar-refractivity contribution in [2.45, 2.75) is 45.3 Å². The van der Waals surface area contributed by atoms with Gasteiger partial charge in [0.1, 0.15) is 6.10 Å². The number of rotatable bonds is 6. The summed E-state index contributed by atoms with van der Waals surface area (Å²) in [5, 5.41) is 3.34. The van der Waals surface area contributed by atoms with Crippen LogP contribution in [0.2, 0.25) is 0 Å². The van der Waals surface area contributed by atoms with E-state index in [-0.39, 0.29) is 11.6 Å². The largest absolute Gasteiger partial charge is 0.481 e. The molecular formula is C18H32N5O3+. The van der Waals surface area contributed by atoms with Gasteiger partial charge in [0.25, 0.3) is 0 Å². The molecule has 1 aliphatic heterocycles. The van der Waals surface area contributed by atoms with E-state index in [0.717, 1.165) is 43.5 Å². The fraction of sp³-hybridized carbons (Fsp3) is 0.667. The summed E-state index contributed by atoms with van der Waals surface area (Å²) in [5.41, 5.74) is 11.8. The summed E-state index contributed by atoms with van der Waals surface area (Å²) in [5.74, 6) is 1.18. The van der Waals surface area contributed by atoms with E-state index in [1.165, 1.54) is 0 Å². The Hall–Kier alpha value is -2.22. The number of likely N-dealkylation sites (tertiary alicyclic amines) is 1. The molecule has 2 rings (SSSR count). The smallest absolute Gasteiger partial charge is 0.404 e. The first-order valence-corrected chi connectivity index (χ1v) is 9.03. The number of aromatic nitrogens is 1. The highest BCUT2D eigenvalue weighted by molar-refractivity contribution is 5.64. The van der Waals surface area contributed by atoms with Gasteiger partial charge in [-0.15, -0.1) is 0 Å². The van der Waals surface area contributed by atoms with Gasteiger partial charge in [-0.3, -0.25) is 0 Å². The highest BCUT2D eigenvalue weighted by Gasteiger charge is 2.43. The van der Waals surface area contributed by atoms with Gasteiger partial charge < -0.3 is 30.7 Å². The van der Waals surface area contributed by atoms with Crippen molar-refractivity contribution >= 4 is 17.6 Å². The molecule has 0 radical (unpaired) electrons. The van der Waals surface area contributed by atoms with Crippen molar-refractivity contribution in [3.63, 3.8) is 0 Å². The van der Waals surface area contributed by atoms with Crippen LogP contribution in [0.5, 0.6) is 5.88 Å². The summed E-state index contributed by atoms with van der Waals surface area (Å²) in [6.07, 6.45) is 0.872. The molecule has 0 spiro atoms. The van der Waals surface area contributed by atoms with Crippen molar-refractivity contribution in [1.82, 2.24) is 4.98 Å². The Morgan fingerprint density at radius 1 is 1.35 bits per heavy atom. The molecule has 0 saturated carbocycles. The van der Waals surface area contributed by atoms with Crippen molar-refractivity contribution < 1.29 is 18.8 Å². The SMILES string of the molecule is COc1ccc(N)c(NCC[N+]2(C(C)(C)C)CCC(OC(N)=O)CC2)n1. The van der Waals surface area contributed by atoms with Crippen molar-refractivity contribution in [2.24, 2.45) is 5.73 Å². The quantitative estimate of drug-likeness (QED) is 0.664. The predicted molar refractivity (Wildman–Crippen MR) is 102 cm³/mol. The highest BCUT2D eigenvalue weighted by Crippen LogP contribution is 2.31. The molecule has 0 aromatic carbocycles. The molecule has 8 heteroatoms. The van der Waals surface area contributed by atoms with Crippen LogP contribution in [0.25, 0.3) is 0 Å². The van der Waals surface area contributed by atoms with Gasteiger partial charge in [-0.05, 0) is 26.8 Å². The van der Waals surface area contributed by atoms with Gasteiger partial charge >= 0.3 is 6.09 Å². The van der Waals surface area contributed by atoms with Crippen LogP contribution in [0.4, 0.5) is 16.3 Å². The number of carbonyl (C=O) groups excluding carboxylic acids is 1. The Kier molecular flexibility index (Phi) is 6.17. The van der Waals surface area contributed by atoms with E-state index in [4.69, 9.17) is 20.9 Å². The van der Waals surface area contributed by atoms with E-state index < -0.39 is 6.09 Å². The molecule has 1 aliphatic rings. The molecule has 1 aromatic rings. The molecule has 1 saturated heterocycles. The fourth-order valence-electron chi connectivity index (χ4n) is 3.65. The standard InChI is InChI=1S/C18H31N5O3/c1-18(2,3)23(10-7-13(8-11-23)26-17(20)24)12-9-21-16-14(19)5-6-15(22-16)25-4/h5-6,13H,7-12,19H2,1-4H3,(H2-,20,21,22,24)/p+1. The van der Waals surface area contributed by atoms with Crippen LogP contribution in [0.15, 0.2) is 12.1 Å². The molecule has 1 fully saturated rings. The van der Waals surface area contributed by atoms with Crippen LogP contribution >= 0.6 is 0 Å². The first-order valence-electron chi connectivity index (χ1n) is 9.03. The first-order chi connectivity index (χ1) is 12.2. The monoisotopic (exact) mass is 366 g/mol. The van der Waals surface area contributed by atoms with Gasteiger partial charge in [-0.25, -0.2) is 4.79 Å². The number of methoxy groups -OCH3 is 1. The number of nitrogens with one attached hydrogen (secondary N) is 1. The summed E-state index contributed by atoms with van der Waals surface area (Å²) < 4.78 is 11.3. The van der Waals surface area contributed by atoms with Gasteiger partial charge in [-0.2, -0.15) is 4.98 Å². The fourth-order valence-corrected chi connectivity index (χ4v) is 3.65. The number of nitrogens with zero attached hydrogens (tertiary/aromatic N) is 2. The van der Waals surface area contributed by atoms with Crippen molar-refractivity contribution in [1.29, 1.82) is 0 Å². The minimum atomic E-state index is -0.688. The van der Waals surface area contributed by atoms with Crippen molar-refractivity contribution in [3.8, 4) is 5.88 Å². The summed E-state index contributed by atoms with van der Waals surface area (Å²) in [6.45, 7) is 10.3. The molecule has 1 aromatic heterocycles. The van der Waals surface area contributed by atoms with Gasteiger partial charge in [0.05, 0.1) is 44.5 Å². The number of anilines is 2. The number of amides is 1. The number of nitrogen functional groups attached to an aromatic ring is 1. The molecule has 146 valence electrons. The van der Waals surface area contributed by atoms with E-state index in [2.05, 4.69) is 31.1 Å². The molecule has 0 aliphatic carbocycles. The van der Waals surface area contributed by atoms with Gasteiger partial charge in [-0.1, -0.05) is 0 Å². The highest BCUT2D eigenvalue weighted by atomic mass is 16.6. The number of pyridine rings is 1. The van der Waals surface area contributed by atoms with Crippen molar-refractivity contribution in [3.05, 3.63) is 12.1 Å². The third-order valence-electron chi connectivity index (χ3n) is 5.41. The Bertz CT molecular complexity index is 622. The molecule has 8 nitrogen and oxygen atoms in total.